The Hall–Kier alpha value is -3.67. The SMILES string of the molecule is CC(C)Oc1cccc(C(=O)Nc2cccc(-c3nc4ncccc4o3)c2)c1. The molecule has 0 spiro atoms. The van der Waals surface area contributed by atoms with Gasteiger partial charge in [-0.05, 0) is 62.4 Å². The standard InChI is InChI=1S/C22H19N3O3/c1-14(2)27-18-9-4-6-15(13-18)21(26)24-17-8-3-7-16(12-17)22-25-20-19(28-22)10-5-11-23-20/h3-14H,1-2H3,(H,24,26). The number of oxazole rings is 1. The molecule has 0 aliphatic heterocycles. The minimum atomic E-state index is -0.217. The fourth-order valence-corrected chi connectivity index (χ4v) is 2.81. The Bertz CT molecular complexity index is 1100. The number of hydrogen-bond donors (Lipinski definition) is 1. The van der Waals surface area contributed by atoms with E-state index in [9.17, 15) is 4.79 Å². The lowest BCUT2D eigenvalue weighted by atomic mass is 10.1. The number of carbonyl (C=O) groups is 1. The highest BCUT2D eigenvalue weighted by Crippen LogP contribution is 2.25. The van der Waals surface area contributed by atoms with Gasteiger partial charge in [-0.1, -0.05) is 12.1 Å². The van der Waals surface area contributed by atoms with Crippen molar-refractivity contribution < 1.29 is 13.9 Å². The molecule has 0 aliphatic rings. The number of rotatable bonds is 5. The first kappa shape index (κ1) is 17.7. The van der Waals surface area contributed by atoms with Gasteiger partial charge < -0.3 is 14.5 Å². The molecule has 140 valence electrons. The van der Waals surface area contributed by atoms with E-state index in [-0.39, 0.29) is 12.0 Å². The van der Waals surface area contributed by atoms with Gasteiger partial charge in [0.2, 0.25) is 5.89 Å². The number of benzene rings is 2. The van der Waals surface area contributed by atoms with Gasteiger partial charge in [-0.15, -0.1) is 0 Å². The lowest BCUT2D eigenvalue weighted by Crippen LogP contribution is -2.12. The van der Waals surface area contributed by atoms with Crippen LogP contribution in [0, 0.1) is 0 Å². The van der Waals surface area contributed by atoms with Gasteiger partial charge in [-0.2, -0.15) is 4.98 Å². The Morgan fingerprint density at radius 2 is 1.93 bits per heavy atom. The monoisotopic (exact) mass is 373 g/mol. The van der Waals surface area contributed by atoms with Crippen molar-refractivity contribution in [3.8, 4) is 17.2 Å². The van der Waals surface area contributed by atoms with Gasteiger partial charge in [0, 0.05) is 23.0 Å². The van der Waals surface area contributed by atoms with Gasteiger partial charge >= 0.3 is 0 Å². The van der Waals surface area contributed by atoms with Crippen LogP contribution in [0.25, 0.3) is 22.7 Å². The zero-order chi connectivity index (χ0) is 19.5. The number of anilines is 1. The number of amides is 1. The minimum absolute atomic E-state index is 0.0424. The molecule has 6 heteroatoms. The first-order valence-electron chi connectivity index (χ1n) is 8.98. The largest absolute Gasteiger partial charge is 0.491 e. The molecule has 0 aliphatic carbocycles. The maximum Gasteiger partial charge on any atom is 0.255 e. The third-order valence-electron chi connectivity index (χ3n) is 4.00. The highest BCUT2D eigenvalue weighted by atomic mass is 16.5. The van der Waals surface area contributed by atoms with Crippen molar-refractivity contribution >= 4 is 22.8 Å². The molecule has 4 aromatic rings. The molecule has 0 unspecified atom stereocenters. The first-order chi connectivity index (χ1) is 13.6. The van der Waals surface area contributed by atoms with Crippen molar-refractivity contribution in [2.45, 2.75) is 20.0 Å². The molecular formula is C22H19N3O3. The van der Waals surface area contributed by atoms with Crippen LogP contribution < -0.4 is 10.1 Å². The number of nitrogens with one attached hydrogen (secondary N) is 1. The molecule has 28 heavy (non-hydrogen) atoms. The number of pyridine rings is 1. The average Bonchev–Trinajstić information content (AvgIpc) is 3.12. The zero-order valence-corrected chi connectivity index (χ0v) is 15.5. The van der Waals surface area contributed by atoms with E-state index in [0.29, 0.717) is 34.1 Å². The maximum absolute atomic E-state index is 12.6. The van der Waals surface area contributed by atoms with E-state index in [1.54, 1.807) is 30.5 Å². The van der Waals surface area contributed by atoms with Crippen LogP contribution in [0.4, 0.5) is 5.69 Å². The average molecular weight is 373 g/mol. The Morgan fingerprint density at radius 3 is 2.75 bits per heavy atom. The summed E-state index contributed by atoms with van der Waals surface area (Å²) in [6.07, 6.45) is 1.71. The number of carbonyl (C=O) groups excluding carboxylic acids is 1. The van der Waals surface area contributed by atoms with Crippen LogP contribution in [0.3, 0.4) is 0 Å². The fraction of sp³-hybridized carbons (Fsp3) is 0.136. The molecule has 2 aromatic carbocycles. The minimum Gasteiger partial charge on any atom is -0.491 e. The third kappa shape index (κ3) is 3.86. The van der Waals surface area contributed by atoms with E-state index in [1.807, 2.05) is 50.2 Å². The van der Waals surface area contributed by atoms with Crippen LogP contribution in [0.2, 0.25) is 0 Å². The Balaban J connectivity index is 1.55. The van der Waals surface area contributed by atoms with E-state index in [2.05, 4.69) is 15.3 Å². The molecule has 0 fully saturated rings. The molecule has 0 atom stereocenters. The number of ether oxygens (including phenoxy) is 1. The van der Waals surface area contributed by atoms with Crippen LogP contribution >= 0.6 is 0 Å². The van der Waals surface area contributed by atoms with Crippen molar-refractivity contribution in [3.63, 3.8) is 0 Å². The fourth-order valence-electron chi connectivity index (χ4n) is 2.81. The van der Waals surface area contributed by atoms with Crippen molar-refractivity contribution in [2.24, 2.45) is 0 Å². The van der Waals surface area contributed by atoms with Crippen molar-refractivity contribution in [3.05, 3.63) is 72.4 Å². The van der Waals surface area contributed by atoms with Gasteiger partial charge in [0.05, 0.1) is 6.10 Å². The Morgan fingerprint density at radius 1 is 1.07 bits per heavy atom. The number of hydrogen-bond acceptors (Lipinski definition) is 5. The molecule has 0 saturated carbocycles. The summed E-state index contributed by atoms with van der Waals surface area (Å²) in [7, 11) is 0. The van der Waals surface area contributed by atoms with Crippen molar-refractivity contribution in [1.29, 1.82) is 0 Å². The van der Waals surface area contributed by atoms with Crippen molar-refractivity contribution in [2.75, 3.05) is 5.32 Å². The first-order valence-corrected chi connectivity index (χ1v) is 8.98. The summed E-state index contributed by atoms with van der Waals surface area (Å²) in [6, 6.07) is 18.1. The normalized spacial score (nSPS) is 11.0. The number of aromatic nitrogens is 2. The summed E-state index contributed by atoms with van der Waals surface area (Å²) in [5, 5.41) is 2.90. The second kappa shape index (κ2) is 7.52. The topological polar surface area (TPSA) is 77.2 Å². The van der Waals surface area contributed by atoms with Gasteiger partial charge in [0.1, 0.15) is 5.75 Å². The summed E-state index contributed by atoms with van der Waals surface area (Å²) >= 11 is 0. The quantitative estimate of drug-likeness (QED) is 0.537. The second-order valence-corrected chi connectivity index (χ2v) is 6.57. The summed E-state index contributed by atoms with van der Waals surface area (Å²) in [4.78, 5) is 21.2. The van der Waals surface area contributed by atoms with E-state index >= 15 is 0 Å². The highest BCUT2D eigenvalue weighted by molar-refractivity contribution is 6.04. The van der Waals surface area contributed by atoms with E-state index in [0.717, 1.165) is 5.56 Å². The zero-order valence-electron chi connectivity index (χ0n) is 15.5. The van der Waals surface area contributed by atoms with Gasteiger partial charge in [0.15, 0.2) is 11.2 Å². The number of nitrogens with zero attached hydrogens (tertiary/aromatic N) is 2. The van der Waals surface area contributed by atoms with Crippen LogP contribution in [0.1, 0.15) is 24.2 Å². The summed E-state index contributed by atoms with van der Waals surface area (Å²) in [5.41, 5.74) is 3.10. The molecule has 0 saturated heterocycles. The third-order valence-corrected chi connectivity index (χ3v) is 4.00. The lowest BCUT2D eigenvalue weighted by Gasteiger charge is -2.11. The number of fused-ring (bicyclic) bond motifs is 1. The van der Waals surface area contributed by atoms with Gasteiger partial charge in [-0.3, -0.25) is 4.79 Å². The smallest absolute Gasteiger partial charge is 0.255 e. The van der Waals surface area contributed by atoms with Crippen LogP contribution in [0.5, 0.6) is 5.75 Å². The van der Waals surface area contributed by atoms with Crippen molar-refractivity contribution in [1.82, 2.24) is 9.97 Å². The molecule has 0 radical (unpaired) electrons. The van der Waals surface area contributed by atoms with E-state index in [1.165, 1.54) is 0 Å². The van der Waals surface area contributed by atoms with Crippen LogP contribution in [-0.4, -0.2) is 22.0 Å². The van der Waals surface area contributed by atoms with Gasteiger partial charge in [-0.25, -0.2) is 4.98 Å². The maximum atomic E-state index is 12.6. The molecule has 4 rings (SSSR count). The van der Waals surface area contributed by atoms with E-state index < -0.39 is 0 Å². The lowest BCUT2D eigenvalue weighted by molar-refractivity contribution is 0.102. The molecule has 6 nitrogen and oxygen atoms in total. The van der Waals surface area contributed by atoms with Crippen LogP contribution in [0.15, 0.2) is 71.3 Å². The molecular weight excluding hydrogens is 354 g/mol. The predicted molar refractivity (Wildman–Crippen MR) is 107 cm³/mol. The Labute approximate surface area is 162 Å². The molecule has 1 amide bonds. The highest BCUT2D eigenvalue weighted by Gasteiger charge is 2.12. The summed E-state index contributed by atoms with van der Waals surface area (Å²) in [6.45, 7) is 3.89. The molecule has 1 N–H and O–H groups in total. The molecule has 2 heterocycles. The molecule has 2 aromatic heterocycles. The molecule has 0 bridgehead atoms. The summed E-state index contributed by atoms with van der Waals surface area (Å²) in [5.74, 6) is 0.901. The van der Waals surface area contributed by atoms with Crippen LogP contribution in [-0.2, 0) is 0 Å². The summed E-state index contributed by atoms with van der Waals surface area (Å²) < 4.78 is 11.4. The van der Waals surface area contributed by atoms with Gasteiger partial charge in [0.25, 0.3) is 5.91 Å². The Kier molecular flexibility index (Phi) is 4.76. The van der Waals surface area contributed by atoms with E-state index in [4.69, 9.17) is 9.15 Å². The predicted octanol–water partition coefficient (Wildman–Crippen LogP) is 4.93. The second-order valence-electron chi connectivity index (χ2n) is 6.57.